The molecule has 136 valence electrons. The van der Waals surface area contributed by atoms with Gasteiger partial charge in [0, 0.05) is 5.54 Å². The summed E-state index contributed by atoms with van der Waals surface area (Å²) in [5, 5.41) is 8.25. The van der Waals surface area contributed by atoms with Gasteiger partial charge in [-0.3, -0.25) is 9.59 Å². The Morgan fingerprint density at radius 1 is 1.12 bits per heavy atom. The van der Waals surface area contributed by atoms with Crippen molar-refractivity contribution in [1.29, 1.82) is 0 Å². The summed E-state index contributed by atoms with van der Waals surface area (Å²) in [5.41, 5.74) is -0.00731. The molecule has 0 spiro atoms. The van der Waals surface area contributed by atoms with E-state index in [0.717, 1.165) is 37.0 Å². The number of thiophene rings is 1. The molecule has 2 amide bonds. The van der Waals surface area contributed by atoms with Gasteiger partial charge < -0.3 is 10.6 Å². The molecular weight excluding hydrogens is 332 g/mol. The lowest BCUT2D eigenvalue weighted by Crippen LogP contribution is -2.63. The van der Waals surface area contributed by atoms with Crippen LogP contribution in [0.5, 0.6) is 0 Å². The molecule has 5 rings (SSSR count). The lowest BCUT2D eigenvalue weighted by atomic mass is 9.53. The van der Waals surface area contributed by atoms with Crippen molar-refractivity contribution >= 4 is 23.2 Å². The lowest BCUT2D eigenvalue weighted by molar-refractivity contribution is -0.129. The fraction of sp³-hybridized carbons (Fsp3) is 0.700. The van der Waals surface area contributed by atoms with Gasteiger partial charge in [0.25, 0.3) is 5.91 Å². The minimum Gasteiger partial charge on any atom is -0.349 e. The van der Waals surface area contributed by atoms with Crippen LogP contribution in [0.3, 0.4) is 0 Å². The van der Waals surface area contributed by atoms with Crippen LogP contribution < -0.4 is 10.6 Å². The van der Waals surface area contributed by atoms with Crippen LogP contribution in [0.4, 0.5) is 0 Å². The Hall–Kier alpha value is -1.36. The summed E-state index contributed by atoms with van der Waals surface area (Å²) in [6.07, 6.45) is 7.48. The highest BCUT2D eigenvalue weighted by molar-refractivity contribution is 7.12. The van der Waals surface area contributed by atoms with E-state index in [1.807, 2.05) is 25.3 Å². The first-order valence-corrected chi connectivity index (χ1v) is 10.5. The molecule has 25 heavy (non-hydrogen) atoms. The Morgan fingerprint density at radius 3 is 2.20 bits per heavy atom. The predicted molar refractivity (Wildman–Crippen MR) is 99.5 cm³/mol. The molecular formula is C20H28N2O2S. The molecule has 1 atom stereocenters. The lowest BCUT2D eigenvalue weighted by Gasteiger charge is -2.57. The van der Waals surface area contributed by atoms with Crippen LogP contribution >= 0.6 is 11.3 Å². The number of hydrogen-bond acceptors (Lipinski definition) is 3. The van der Waals surface area contributed by atoms with Crippen LogP contribution in [0.1, 0.15) is 62.0 Å². The molecule has 0 radical (unpaired) electrons. The fourth-order valence-corrected chi connectivity index (χ4v) is 6.38. The molecule has 4 fully saturated rings. The zero-order chi connectivity index (χ0) is 17.6. The maximum absolute atomic E-state index is 13.1. The largest absolute Gasteiger partial charge is 0.349 e. The average molecular weight is 361 g/mol. The normalized spacial score (nSPS) is 34.1. The highest BCUT2D eigenvalue weighted by atomic mass is 32.1. The highest BCUT2D eigenvalue weighted by Gasteiger charge is 2.52. The Balaban J connectivity index is 1.45. The second-order valence-corrected chi connectivity index (χ2v) is 9.81. The number of amides is 2. The SMILES string of the molecule is CC(C)C(NC(=O)c1cccs1)C(=O)NC12CC3CC(CC(C3)C1)C2. The molecule has 0 aliphatic heterocycles. The van der Waals surface area contributed by atoms with E-state index in [-0.39, 0.29) is 23.3 Å². The molecule has 4 nitrogen and oxygen atoms in total. The zero-order valence-corrected chi connectivity index (χ0v) is 15.9. The second kappa shape index (κ2) is 6.42. The summed E-state index contributed by atoms with van der Waals surface area (Å²) in [6, 6.07) is 3.19. The van der Waals surface area contributed by atoms with Gasteiger partial charge in [0.1, 0.15) is 6.04 Å². The summed E-state index contributed by atoms with van der Waals surface area (Å²) >= 11 is 1.41. The van der Waals surface area contributed by atoms with Gasteiger partial charge in [-0.1, -0.05) is 19.9 Å². The molecule has 4 aliphatic carbocycles. The zero-order valence-electron chi connectivity index (χ0n) is 15.1. The minimum atomic E-state index is -0.470. The van der Waals surface area contributed by atoms with Crippen molar-refractivity contribution < 1.29 is 9.59 Å². The number of hydrogen-bond donors (Lipinski definition) is 2. The van der Waals surface area contributed by atoms with Gasteiger partial charge in [-0.25, -0.2) is 0 Å². The van der Waals surface area contributed by atoms with Crippen molar-refractivity contribution in [2.45, 2.75) is 64.0 Å². The van der Waals surface area contributed by atoms with Gasteiger partial charge in [0.2, 0.25) is 5.91 Å². The van der Waals surface area contributed by atoms with Crippen molar-refractivity contribution in [3.8, 4) is 0 Å². The second-order valence-electron chi connectivity index (χ2n) is 8.86. The van der Waals surface area contributed by atoms with Crippen LogP contribution in [0.2, 0.25) is 0 Å². The third-order valence-electron chi connectivity index (χ3n) is 6.41. The highest BCUT2D eigenvalue weighted by Crippen LogP contribution is 2.55. The Labute approximate surface area is 153 Å². The monoisotopic (exact) mass is 360 g/mol. The van der Waals surface area contributed by atoms with Crippen molar-refractivity contribution in [3.05, 3.63) is 22.4 Å². The molecule has 2 N–H and O–H groups in total. The first-order valence-electron chi connectivity index (χ1n) is 9.60. The third kappa shape index (κ3) is 3.35. The number of rotatable bonds is 5. The minimum absolute atomic E-state index is 0.00172. The van der Waals surface area contributed by atoms with E-state index in [0.29, 0.717) is 4.88 Å². The topological polar surface area (TPSA) is 58.2 Å². The number of carbonyl (C=O) groups excluding carboxylic acids is 2. The third-order valence-corrected chi connectivity index (χ3v) is 7.28. The van der Waals surface area contributed by atoms with E-state index in [4.69, 9.17) is 0 Å². The molecule has 4 bridgehead atoms. The first kappa shape index (κ1) is 17.1. The Morgan fingerprint density at radius 2 is 1.72 bits per heavy atom. The fourth-order valence-electron chi connectivity index (χ4n) is 5.76. The molecule has 1 aromatic heterocycles. The quantitative estimate of drug-likeness (QED) is 0.843. The Kier molecular flexibility index (Phi) is 4.38. The number of nitrogens with one attached hydrogen (secondary N) is 2. The molecule has 1 heterocycles. The summed E-state index contributed by atoms with van der Waals surface area (Å²) in [7, 11) is 0. The smallest absolute Gasteiger partial charge is 0.262 e. The average Bonchev–Trinajstić information content (AvgIpc) is 3.04. The number of carbonyl (C=O) groups is 2. The Bertz CT molecular complexity index is 617. The summed E-state index contributed by atoms with van der Waals surface area (Å²) in [4.78, 5) is 26.1. The van der Waals surface area contributed by atoms with Crippen molar-refractivity contribution in [2.75, 3.05) is 0 Å². The van der Waals surface area contributed by atoms with Crippen molar-refractivity contribution in [3.63, 3.8) is 0 Å². The first-order chi connectivity index (χ1) is 11.9. The van der Waals surface area contributed by atoms with Gasteiger partial charge in [-0.2, -0.15) is 0 Å². The summed E-state index contributed by atoms with van der Waals surface area (Å²) < 4.78 is 0. The van der Waals surface area contributed by atoms with E-state index in [1.54, 1.807) is 6.07 Å². The molecule has 5 heteroatoms. The van der Waals surface area contributed by atoms with E-state index in [1.165, 1.54) is 30.6 Å². The van der Waals surface area contributed by atoms with Crippen LogP contribution in [-0.2, 0) is 4.79 Å². The molecule has 0 aromatic carbocycles. The van der Waals surface area contributed by atoms with Crippen LogP contribution in [-0.4, -0.2) is 23.4 Å². The van der Waals surface area contributed by atoms with Crippen LogP contribution in [0, 0.1) is 23.7 Å². The standard InChI is InChI=1S/C20H28N2O2S/c1-12(2)17(21-18(23)16-4-3-5-25-16)19(24)22-20-9-13-6-14(10-20)8-15(7-13)11-20/h3-5,12-15,17H,6-11H2,1-2H3,(H,21,23)(H,22,24). The van der Waals surface area contributed by atoms with E-state index in [9.17, 15) is 9.59 Å². The maximum Gasteiger partial charge on any atom is 0.262 e. The van der Waals surface area contributed by atoms with E-state index in [2.05, 4.69) is 10.6 Å². The van der Waals surface area contributed by atoms with Crippen molar-refractivity contribution in [2.24, 2.45) is 23.7 Å². The predicted octanol–water partition coefficient (Wildman–Crippen LogP) is 3.59. The van der Waals surface area contributed by atoms with E-state index < -0.39 is 6.04 Å². The van der Waals surface area contributed by atoms with Crippen LogP contribution in [0.25, 0.3) is 0 Å². The van der Waals surface area contributed by atoms with Gasteiger partial charge in [-0.05, 0) is 73.6 Å². The van der Waals surface area contributed by atoms with Gasteiger partial charge >= 0.3 is 0 Å². The van der Waals surface area contributed by atoms with E-state index >= 15 is 0 Å². The van der Waals surface area contributed by atoms with Gasteiger partial charge in [0.05, 0.1) is 4.88 Å². The molecule has 0 saturated heterocycles. The van der Waals surface area contributed by atoms with Crippen molar-refractivity contribution in [1.82, 2.24) is 10.6 Å². The summed E-state index contributed by atoms with van der Waals surface area (Å²) in [5.74, 6) is 2.31. The molecule has 1 aromatic rings. The molecule has 1 unspecified atom stereocenters. The molecule has 4 aliphatic rings. The summed E-state index contributed by atoms with van der Waals surface area (Å²) in [6.45, 7) is 4.00. The van der Waals surface area contributed by atoms with Gasteiger partial charge in [0.15, 0.2) is 0 Å². The maximum atomic E-state index is 13.1. The van der Waals surface area contributed by atoms with Gasteiger partial charge in [-0.15, -0.1) is 11.3 Å². The van der Waals surface area contributed by atoms with Crippen LogP contribution in [0.15, 0.2) is 17.5 Å². The molecule has 4 saturated carbocycles.